The average molecular weight is 487 g/mol. The van der Waals surface area contributed by atoms with Crippen LogP contribution < -0.4 is 14.5 Å². The molecule has 1 atom stereocenters. The Bertz CT molecular complexity index is 1240. The highest BCUT2D eigenvalue weighted by Gasteiger charge is 2.35. The van der Waals surface area contributed by atoms with Gasteiger partial charge in [-0.2, -0.15) is 18.3 Å². The zero-order valence-electron chi connectivity index (χ0n) is 18.5. The van der Waals surface area contributed by atoms with Crippen LogP contribution in [0.15, 0.2) is 77.9 Å². The third-order valence-corrected chi connectivity index (χ3v) is 5.87. The van der Waals surface area contributed by atoms with E-state index in [1.807, 2.05) is 60.7 Å². The summed E-state index contributed by atoms with van der Waals surface area (Å²) in [6.45, 7) is 0. The average Bonchev–Trinajstić information content (AvgIpc) is 3.26. The van der Waals surface area contributed by atoms with Crippen LogP contribution in [0.1, 0.15) is 29.2 Å². The van der Waals surface area contributed by atoms with Gasteiger partial charge >= 0.3 is 6.18 Å². The minimum Gasteiger partial charge on any atom is -0.496 e. The minimum atomic E-state index is -4.50. The predicted octanol–water partition coefficient (Wildman–Crippen LogP) is 7.40. The molecule has 1 aliphatic heterocycles. The molecule has 0 radical (unpaired) electrons. The van der Waals surface area contributed by atoms with E-state index in [4.69, 9.17) is 21.1 Å². The summed E-state index contributed by atoms with van der Waals surface area (Å²) in [5, 5.41) is 6.37. The summed E-state index contributed by atoms with van der Waals surface area (Å²) in [6, 6.07) is 17.7. The number of halogens is 4. The first-order valence-electron chi connectivity index (χ1n) is 10.5. The Morgan fingerprint density at radius 1 is 0.941 bits per heavy atom. The van der Waals surface area contributed by atoms with Crippen LogP contribution in [0, 0.1) is 0 Å². The van der Waals surface area contributed by atoms with Gasteiger partial charge in [-0.1, -0.05) is 48.0 Å². The van der Waals surface area contributed by atoms with Crippen molar-refractivity contribution in [1.82, 2.24) is 0 Å². The lowest BCUT2D eigenvalue weighted by molar-refractivity contribution is -0.137. The number of alkyl halides is 3. The number of allylic oxidation sites excluding steroid dienone is 1. The summed E-state index contributed by atoms with van der Waals surface area (Å²) in [5.74, 6) is 1.32. The molecule has 0 N–H and O–H groups in total. The van der Waals surface area contributed by atoms with E-state index >= 15 is 0 Å². The maximum absolute atomic E-state index is 13.4. The van der Waals surface area contributed by atoms with Gasteiger partial charge in [-0.15, -0.1) is 0 Å². The molecular formula is C26H22ClF3N2O2. The van der Waals surface area contributed by atoms with E-state index < -0.39 is 17.8 Å². The molecule has 0 unspecified atom stereocenters. The van der Waals surface area contributed by atoms with Crippen molar-refractivity contribution in [3.8, 4) is 11.5 Å². The molecule has 0 bridgehead atoms. The van der Waals surface area contributed by atoms with E-state index in [1.165, 1.54) is 11.1 Å². The van der Waals surface area contributed by atoms with Crippen LogP contribution >= 0.6 is 11.6 Å². The van der Waals surface area contributed by atoms with E-state index in [9.17, 15) is 13.2 Å². The Morgan fingerprint density at radius 3 is 2.32 bits per heavy atom. The van der Waals surface area contributed by atoms with Crippen molar-refractivity contribution >= 4 is 29.1 Å². The third kappa shape index (κ3) is 4.89. The number of para-hydroxylation sites is 2. The second kappa shape index (κ2) is 9.81. The molecule has 0 aliphatic carbocycles. The van der Waals surface area contributed by atoms with Crippen LogP contribution in [0.5, 0.6) is 11.5 Å². The monoisotopic (exact) mass is 486 g/mol. The van der Waals surface area contributed by atoms with E-state index in [0.717, 1.165) is 23.3 Å². The van der Waals surface area contributed by atoms with Crippen LogP contribution in [0.3, 0.4) is 0 Å². The van der Waals surface area contributed by atoms with E-state index in [2.05, 4.69) is 5.10 Å². The number of methoxy groups -OCH3 is 2. The molecule has 0 spiro atoms. The standard InChI is InChI=1S/C26H22ClF3N2O2/c1-33-24-9-5-3-7-17(24)11-13-19-16-22(20-8-4-6-10-25(20)34-2)32(31-19)23-15-18(26(28,29)30)12-14-21(23)27/h3-15,22H,16H2,1-2H3/b13-11+/t22-/m1/s1. The van der Waals surface area contributed by atoms with Gasteiger partial charge in [0, 0.05) is 17.5 Å². The SMILES string of the molecule is COc1ccccc1/C=C/C1=NN(c2cc(C(F)(F)F)ccc2Cl)[C@@H](c2ccccc2OC)C1. The number of hydrazone groups is 1. The van der Waals surface area contributed by atoms with Crippen LogP contribution in [0.2, 0.25) is 5.02 Å². The van der Waals surface area contributed by atoms with Gasteiger partial charge in [-0.05, 0) is 42.5 Å². The van der Waals surface area contributed by atoms with E-state index in [-0.39, 0.29) is 10.7 Å². The zero-order chi connectivity index (χ0) is 24.3. The quantitative estimate of drug-likeness (QED) is 0.364. The van der Waals surface area contributed by atoms with Crippen molar-refractivity contribution in [1.29, 1.82) is 0 Å². The highest BCUT2D eigenvalue weighted by atomic mass is 35.5. The van der Waals surface area contributed by atoms with Gasteiger partial charge in [0.25, 0.3) is 0 Å². The second-order valence-corrected chi connectivity index (χ2v) is 8.04. The Hall–Kier alpha value is -3.45. The fraction of sp³-hybridized carbons (Fsp3) is 0.192. The molecule has 0 saturated carbocycles. The number of nitrogens with zero attached hydrogens (tertiary/aromatic N) is 2. The number of rotatable bonds is 6. The molecule has 1 heterocycles. The van der Waals surface area contributed by atoms with Crippen molar-refractivity contribution in [2.24, 2.45) is 5.10 Å². The van der Waals surface area contributed by atoms with Crippen molar-refractivity contribution in [2.75, 3.05) is 19.2 Å². The van der Waals surface area contributed by atoms with Gasteiger partial charge in [0.05, 0.1) is 42.2 Å². The zero-order valence-corrected chi connectivity index (χ0v) is 19.3. The van der Waals surface area contributed by atoms with Gasteiger partial charge in [0.15, 0.2) is 0 Å². The summed E-state index contributed by atoms with van der Waals surface area (Å²) < 4.78 is 51.2. The lowest BCUT2D eigenvalue weighted by atomic mass is 9.99. The molecule has 0 saturated heterocycles. The number of benzene rings is 3. The molecule has 4 rings (SSSR count). The third-order valence-electron chi connectivity index (χ3n) is 5.55. The van der Waals surface area contributed by atoms with Crippen LogP contribution in [0.25, 0.3) is 6.08 Å². The first kappa shape index (κ1) is 23.7. The Morgan fingerprint density at radius 2 is 1.62 bits per heavy atom. The van der Waals surface area contributed by atoms with Gasteiger partial charge in [0.2, 0.25) is 0 Å². The van der Waals surface area contributed by atoms with Crippen LogP contribution in [-0.4, -0.2) is 19.9 Å². The molecule has 4 nitrogen and oxygen atoms in total. The summed E-state index contributed by atoms with van der Waals surface area (Å²) in [6.07, 6.45) is -0.357. The highest BCUT2D eigenvalue weighted by molar-refractivity contribution is 6.33. The normalized spacial score (nSPS) is 16.1. The van der Waals surface area contributed by atoms with Crippen LogP contribution in [0.4, 0.5) is 18.9 Å². The van der Waals surface area contributed by atoms with Crippen molar-refractivity contribution < 1.29 is 22.6 Å². The number of anilines is 1. The fourth-order valence-electron chi connectivity index (χ4n) is 3.89. The molecule has 3 aromatic rings. The molecule has 0 fully saturated rings. The van der Waals surface area contributed by atoms with Gasteiger partial charge in [-0.25, -0.2) is 0 Å². The predicted molar refractivity (Wildman–Crippen MR) is 129 cm³/mol. The molecule has 3 aromatic carbocycles. The molecule has 1 aliphatic rings. The van der Waals surface area contributed by atoms with Gasteiger partial charge in [0.1, 0.15) is 11.5 Å². The summed E-state index contributed by atoms with van der Waals surface area (Å²) in [4.78, 5) is 0. The van der Waals surface area contributed by atoms with Crippen LogP contribution in [-0.2, 0) is 6.18 Å². The maximum atomic E-state index is 13.4. The summed E-state index contributed by atoms with van der Waals surface area (Å²) in [7, 11) is 3.15. The largest absolute Gasteiger partial charge is 0.496 e. The van der Waals surface area contributed by atoms with Crippen molar-refractivity contribution in [2.45, 2.75) is 18.6 Å². The minimum absolute atomic E-state index is 0.173. The fourth-order valence-corrected chi connectivity index (χ4v) is 4.10. The smallest absolute Gasteiger partial charge is 0.416 e. The van der Waals surface area contributed by atoms with Gasteiger partial charge in [-0.3, -0.25) is 5.01 Å². The Balaban J connectivity index is 1.78. The maximum Gasteiger partial charge on any atom is 0.416 e. The van der Waals surface area contributed by atoms with Crippen molar-refractivity contribution in [3.05, 3.63) is 94.5 Å². The van der Waals surface area contributed by atoms with Crippen molar-refractivity contribution in [3.63, 3.8) is 0 Å². The first-order valence-corrected chi connectivity index (χ1v) is 10.9. The Kier molecular flexibility index (Phi) is 6.84. The number of ether oxygens (including phenoxy) is 2. The molecule has 8 heteroatoms. The molecule has 176 valence electrons. The molecular weight excluding hydrogens is 465 g/mol. The lowest BCUT2D eigenvalue weighted by Gasteiger charge is -2.26. The lowest BCUT2D eigenvalue weighted by Crippen LogP contribution is -2.20. The van der Waals surface area contributed by atoms with E-state index in [0.29, 0.717) is 23.6 Å². The first-order chi connectivity index (χ1) is 16.3. The summed E-state index contributed by atoms with van der Waals surface area (Å²) >= 11 is 6.37. The Labute approximate surface area is 200 Å². The molecule has 34 heavy (non-hydrogen) atoms. The highest BCUT2D eigenvalue weighted by Crippen LogP contribution is 2.43. The van der Waals surface area contributed by atoms with Gasteiger partial charge < -0.3 is 9.47 Å². The van der Waals surface area contributed by atoms with E-state index in [1.54, 1.807) is 14.2 Å². The topological polar surface area (TPSA) is 34.1 Å². The second-order valence-electron chi connectivity index (χ2n) is 7.64. The number of hydrogen-bond donors (Lipinski definition) is 0. The number of hydrogen-bond acceptors (Lipinski definition) is 4. The molecule has 0 aromatic heterocycles. The summed E-state index contributed by atoms with van der Waals surface area (Å²) in [5.41, 5.74) is 1.71. The molecule has 0 amide bonds.